The fraction of sp³-hybridized carbons (Fsp3) is 0.208. The van der Waals surface area contributed by atoms with Gasteiger partial charge >= 0.3 is 5.97 Å². The molecule has 0 aliphatic heterocycles. The van der Waals surface area contributed by atoms with Crippen LogP contribution in [0.5, 0.6) is 0 Å². The zero-order chi connectivity index (χ0) is 21.1. The number of carboxylic acid groups (broad SMARTS) is 1. The van der Waals surface area contributed by atoms with Crippen LogP contribution in [-0.4, -0.2) is 27.9 Å². The van der Waals surface area contributed by atoms with E-state index in [1.807, 2.05) is 36.4 Å². The maximum atomic E-state index is 12.2. The average Bonchev–Trinajstić information content (AvgIpc) is 2.96. The molecule has 1 unspecified atom stereocenters. The third kappa shape index (κ3) is 3.95. The predicted octanol–water partition coefficient (Wildman–Crippen LogP) is 1.88. The standard InChI is InChI=1S/C24H24N4O2/c25-23(26)21-13-12-18-19(10-3-4-11-20(18)28-21)22(24(29)30)27-14-16-8-5-7-15-6-1-2-9-17(15)16/h1-2,5-9,11-13,22,27H,3-4,10,14H2,(H3,25,26)(H,29,30). The molecule has 3 aromatic rings. The molecular weight excluding hydrogens is 376 g/mol. The van der Waals surface area contributed by atoms with Crippen molar-refractivity contribution in [1.82, 2.24) is 10.3 Å². The monoisotopic (exact) mass is 400 g/mol. The number of fused-ring (bicyclic) bond motifs is 2. The van der Waals surface area contributed by atoms with Crippen LogP contribution >= 0.6 is 0 Å². The molecule has 0 fully saturated rings. The van der Waals surface area contributed by atoms with Crippen LogP contribution in [0, 0.1) is 5.41 Å². The largest absolute Gasteiger partial charge is 0.480 e. The number of rotatable bonds is 6. The van der Waals surface area contributed by atoms with E-state index in [0.29, 0.717) is 24.0 Å². The van der Waals surface area contributed by atoms with E-state index in [1.54, 1.807) is 6.07 Å². The number of hydrogen-bond donors (Lipinski definition) is 4. The predicted molar refractivity (Wildman–Crippen MR) is 118 cm³/mol. The molecule has 6 nitrogen and oxygen atoms in total. The first-order chi connectivity index (χ1) is 14.5. The van der Waals surface area contributed by atoms with Crippen LogP contribution in [0.15, 0.2) is 54.6 Å². The molecule has 0 amide bonds. The van der Waals surface area contributed by atoms with Gasteiger partial charge in [0.05, 0.1) is 5.35 Å². The van der Waals surface area contributed by atoms with Gasteiger partial charge in [-0.1, -0.05) is 54.6 Å². The SMILES string of the molecule is N=C(N)c1ccc2c(n1)=CCCCC=2C(NCc1cccc2ccccc12)C(=O)O. The van der Waals surface area contributed by atoms with Gasteiger partial charge in [-0.25, -0.2) is 4.98 Å². The zero-order valence-corrected chi connectivity index (χ0v) is 16.6. The molecule has 2 aromatic carbocycles. The summed E-state index contributed by atoms with van der Waals surface area (Å²) in [6.45, 7) is 0.444. The van der Waals surface area contributed by atoms with Gasteiger partial charge in [-0.05, 0) is 47.2 Å². The molecule has 1 heterocycles. The molecule has 1 atom stereocenters. The van der Waals surface area contributed by atoms with E-state index in [1.165, 1.54) is 0 Å². The summed E-state index contributed by atoms with van der Waals surface area (Å²) in [6.07, 6.45) is 4.32. The fourth-order valence-corrected chi connectivity index (χ4v) is 4.04. The maximum Gasteiger partial charge on any atom is 0.325 e. The van der Waals surface area contributed by atoms with Gasteiger partial charge in [0, 0.05) is 11.8 Å². The van der Waals surface area contributed by atoms with Crippen molar-refractivity contribution in [2.75, 3.05) is 0 Å². The highest BCUT2D eigenvalue weighted by atomic mass is 16.4. The van der Waals surface area contributed by atoms with E-state index in [2.05, 4.69) is 28.5 Å². The minimum atomic E-state index is -0.909. The Bertz CT molecular complexity index is 1240. The molecule has 1 aromatic heterocycles. The number of nitrogens with two attached hydrogens (primary N) is 1. The molecule has 0 spiro atoms. The van der Waals surface area contributed by atoms with Gasteiger partial charge in [-0.2, -0.15) is 0 Å². The Morgan fingerprint density at radius 2 is 1.97 bits per heavy atom. The Morgan fingerprint density at radius 3 is 2.77 bits per heavy atom. The zero-order valence-electron chi connectivity index (χ0n) is 16.6. The molecule has 1 aliphatic rings. The lowest BCUT2D eigenvalue weighted by molar-refractivity contribution is -0.138. The number of nitrogens with one attached hydrogen (secondary N) is 2. The van der Waals surface area contributed by atoms with Gasteiger partial charge < -0.3 is 10.8 Å². The van der Waals surface area contributed by atoms with Gasteiger partial charge in [0.15, 0.2) is 0 Å². The molecule has 4 rings (SSSR count). The van der Waals surface area contributed by atoms with Gasteiger partial charge in [0.1, 0.15) is 17.6 Å². The Labute approximate surface area is 174 Å². The molecule has 1 aliphatic carbocycles. The summed E-state index contributed by atoms with van der Waals surface area (Å²) in [5.74, 6) is -1.01. The average molecular weight is 400 g/mol. The number of nitrogen functional groups attached to an aromatic ring is 1. The first-order valence-electron chi connectivity index (χ1n) is 10.0. The van der Waals surface area contributed by atoms with E-state index in [9.17, 15) is 9.90 Å². The molecule has 5 N–H and O–H groups in total. The number of aliphatic carboxylic acids is 1. The number of amidine groups is 1. The summed E-state index contributed by atoms with van der Waals surface area (Å²) < 4.78 is 0. The lowest BCUT2D eigenvalue weighted by Crippen LogP contribution is -2.43. The van der Waals surface area contributed by atoms with E-state index < -0.39 is 12.0 Å². The highest BCUT2D eigenvalue weighted by Crippen LogP contribution is 2.20. The summed E-state index contributed by atoms with van der Waals surface area (Å²) in [4.78, 5) is 16.7. The topological polar surface area (TPSA) is 112 Å². The van der Waals surface area contributed by atoms with Gasteiger partial charge in [-0.3, -0.25) is 15.5 Å². The van der Waals surface area contributed by atoms with E-state index in [0.717, 1.165) is 40.0 Å². The summed E-state index contributed by atoms with van der Waals surface area (Å²) >= 11 is 0. The minimum Gasteiger partial charge on any atom is -0.480 e. The van der Waals surface area contributed by atoms with Gasteiger partial charge in [0.25, 0.3) is 0 Å². The second kappa shape index (κ2) is 8.47. The Morgan fingerprint density at radius 1 is 1.17 bits per heavy atom. The van der Waals surface area contributed by atoms with Crippen LogP contribution in [0.2, 0.25) is 0 Å². The first kappa shape index (κ1) is 19.8. The molecular formula is C24H24N4O2. The fourth-order valence-electron chi connectivity index (χ4n) is 4.04. The van der Waals surface area contributed by atoms with Crippen LogP contribution in [-0.2, 0) is 11.3 Å². The summed E-state index contributed by atoms with van der Waals surface area (Å²) in [7, 11) is 0. The third-order valence-electron chi connectivity index (χ3n) is 5.51. The number of nitrogens with zero attached hydrogens (tertiary/aromatic N) is 1. The van der Waals surface area contributed by atoms with Crippen LogP contribution < -0.4 is 21.6 Å². The molecule has 0 bridgehead atoms. The minimum absolute atomic E-state index is 0.0964. The van der Waals surface area contributed by atoms with Crippen LogP contribution in [0.25, 0.3) is 22.4 Å². The Balaban J connectivity index is 1.73. The number of hydrogen-bond acceptors (Lipinski definition) is 4. The summed E-state index contributed by atoms with van der Waals surface area (Å²) in [5.41, 5.74) is 7.86. The second-order valence-corrected chi connectivity index (χ2v) is 7.45. The second-order valence-electron chi connectivity index (χ2n) is 7.45. The van der Waals surface area contributed by atoms with Crippen molar-refractivity contribution in [2.24, 2.45) is 5.73 Å². The smallest absolute Gasteiger partial charge is 0.325 e. The van der Waals surface area contributed by atoms with Crippen LogP contribution in [0.4, 0.5) is 0 Å². The molecule has 30 heavy (non-hydrogen) atoms. The molecule has 152 valence electrons. The normalized spacial score (nSPS) is 14.5. The molecule has 0 saturated carbocycles. The Hall–Kier alpha value is -3.51. The highest BCUT2D eigenvalue weighted by Gasteiger charge is 2.23. The van der Waals surface area contributed by atoms with E-state index in [4.69, 9.17) is 11.1 Å². The Kier molecular flexibility index (Phi) is 5.59. The lowest BCUT2D eigenvalue weighted by atomic mass is 9.98. The van der Waals surface area contributed by atoms with Gasteiger partial charge in [-0.15, -0.1) is 0 Å². The lowest BCUT2D eigenvalue weighted by Gasteiger charge is -2.19. The van der Waals surface area contributed by atoms with Crippen molar-refractivity contribution in [3.63, 3.8) is 0 Å². The summed E-state index contributed by atoms with van der Waals surface area (Å²) in [5, 5.41) is 24.7. The highest BCUT2D eigenvalue weighted by molar-refractivity contribution is 5.93. The van der Waals surface area contributed by atoms with Crippen LogP contribution in [0.3, 0.4) is 0 Å². The summed E-state index contributed by atoms with van der Waals surface area (Å²) in [6, 6.07) is 16.9. The maximum absolute atomic E-state index is 12.2. The first-order valence-corrected chi connectivity index (χ1v) is 10.0. The number of aromatic nitrogens is 1. The number of benzene rings is 2. The van der Waals surface area contributed by atoms with Crippen molar-refractivity contribution in [3.05, 3.63) is 76.4 Å². The molecule has 0 saturated heterocycles. The van der Waals surface area contributed by atoms with E-state index in [-0.39, 0.29) is 5.84 Å². The number of carboxylic acids is 1. The van der Waals surface area contributed by atoms with E-state index >= 15 is 0 Å². The van der Waals surface area contributed by atoms with Crippen molar-refractivity contribution in [2.45, 2.75) is 31.8 Å². The van der Waals surface area contributed by atoms with Gasteiger partial charge in [0.2, 0.25) is 0 Å². The van der Waals surface area contributed by atoms with Crippen molar-refractivity contribution < 1.29 is 9.90 Å². The number of pyridine rings is 1. The molecule has 0 radical (unpaired) electrons. The van der Waals surface area contributed by atoms with Crippen LogP contribution in [0.1, 0.15) is 30.5 Å². The van der Waals surface area contributed by atoms with Crippen molar-refractivity contribution in [3.8, 4) is 0 Å². The van der Waals surface area contributed by atoms with Crippen molar-refractivity contribution >= 4 is 34.2 Å². The third-order valence-corrected chi connectivity index (χ3v) is 5.51. The molecule has 6 heteroatoms. The van der Waals surface area contributed by atoms with Crippen molar-refractivity contribution in [1.29, 1.82) is 5.41 Å². The number of carbonyl (C=O) groups is 1. The quantitative estimate of drug-likeness (QED) is 0.373.